The summed E-state index contributed by atoms with van der Waals surface area (Å²) in [6.45, 7) is 0.137. The summed E-state index contributed by atoms with van der Waals surface area (Å²) in [5.74, 6) is 0.711. The van der Waals surface area contributed by atoms with E-state index >= 15 is 0 Å². The molecule has 0 fully saturated rings. The lowest BCUT2D eigenvalue weighted by Gasteiger charge is -2.09. The second kappa shape index (κ2) is 7.46. The summed E-state index contributed by atoms with van der Waals surface area (Å²) in [4.78, 5) is 0.216. The maximum absolute atomic E-state index is 12.9. The van der Waals surface area contributed by atoms with E-state index in [2.05, 4.69) is 4.72 Å². The van der Waals surface area contributed by atoms with E-state index in [-0.39, 0.29) is 17.3 Å². The van der Waals surface area contributed by atoms with Crippen molar-refractivity contribution in [2.75, 3.05) is 0 Å². The van der Waals surface area contributed by atoms with Crippen molar-refractivity contribution in [1.82, 2.24) is 4.72 Å². The smallest absolute Gasteiger partial charge is 0.240 e. The van der Waals surface area contributed by atoms with Gasteiger partial charge in [0, 0.05) is 6.54 Å². The minimum absolute atomic E-state index is 0.137. The fraction of sp³-hybridized carbons (Fsp3) is 0.0526. The van der Waals surface area contributed by atoms with Crippen LogP contribution >= 0.6 is 0 Å². The molecule has 3 aromatic rings. The Kier molecular flexibility index (Phi) is 5.11. The Bertz CT molecular complexity index is 942. The van der Waals surface area contributed by atoms with Crippen molar-refractivity contribution >= 4 is 10.0 Å². The van der Waals surface area contributed by atoms with Crippen LogP contribution in [0.4, 0.5) is 4.39 Å². The Morgan fingerprint density at radius 3 is 2.28 bits per heavy atom. The topological polar surface area (TPSA) is 55.4 Å². The molecule has 0 heterocycles. The zero-order valence-electron chi connectivity index (χ0n) is 13.2. The molecule has 0 spiro atoms. The average molecular weight is 357 g/mol. The van der Waals surface area contributed by atoms with Gasteiger partial charge in [-0.05, 0) is 54.1 Å². The van der Waals surface area contributed by atoms with E-state index in [1.165, 1.54) is 36.4 Å². The number of benzene rings is 3. The monoisotopic (exact) mass is 357 g/mol. The van der Waals surface area contributed by atoms with Crippen LogP contribution in [-0.2, 0) is 16.6 Å². The van der Waals surface area contributed by atoms with Crippen LogP contribution < -0.4 is 9.46 Å². The van der Waals surface area contributed by atoms with Gasteiger partial charge in [-0.15, -0.1) is 0 Å². The van der Waals surface area contributed by atoms with Gasteiger partial charge < -0.3 is 4.74 Å². The van der Waals surface area contributed by atoms with Gasteiger partial charge in [0.1, 0.15) is 17.3 Å². The molecule has 0 atom stereocenters. The first-order chi connectivity index (χ1) is 12.0. The molecule has 0 aromatic heterocycles. The van der Waals surface area contributed by atoms with E-state index in [0.29, 0.717) is 11.5 Å². The molecule has 0 radical (unpaired) electrons. The Balaban J connectivity index is 1.68. The summed E-state index contributed by atoms with van der Waals surface area (Å²) in [7, 11) is -3.57. The molecule has 0 saturated heterocycles. The van der Waals surface area contributed by atoms with Crippen molar-refractivity contribution in [3.05, 3.63) is 90.2 Å². The summed E-state index contributed by atoms with van der Waals surface area (Å²) in [6.07, 6.45) is 0. The molecule has 0 unspecified atom stereocenters. The van der Waals surface area contributed by atoms with Gasteiger partial charge in [0.05, 0.1) is 4.90 Å². The molecule has 1 N–H and O–H groups in total. The van der Waals surface area contributed by atoms with E-state index in [1.807, 2.05) is 0 Å². The maximum atomic E-state index is 12.9. The standard InChI is InChI=1S/C19H16FNO3S/c20-16-9-11-17(12-10-16)24-18-6-4-5-15(13-18)14-21-25(22,23)19-7-2-1-3-8-19/h1-13,21H,14H2. The average Bonchev–Trinajstić information content (AvgIpc) is 2.63. The summed E-state index contributed by atoms with van der Waals surface area (Å²) in [6, 6.07) is 20.9. The third-order valence-electron chi connectivity index (χ3n) is 3.47. The molecule has 6 heteroatoms. The summed E-state index contributed by atoms with van der Waals surface area (Å²) < 4.78 is 45.6. The third kappa shape index (κ3) is 4.65. The first-order valence-corrected chi connectivity index (χ1v) is 9.08. The van der Waals surface area contributed by atoms with Crippen LogP contribution in [-0.4, -0.2) is 8.42 Å². The number of nitrogens with one attached hydrogen (secondary N) is 1. The van der Waals surface area contributed by atoms with Gasteiger partial charge in [-0.2, -0.15) is 0 Å². The predicted octanol–water partition coefficient (Wildman–Crippen LogP) is 4.10. The van der Waals surface area contributed by atoms with Crippen LogP contribution in [0.1, 0.15) is 5.56 Å². The van der Waals surface area contributed by atoms with Crippen molar-refractivity contribution in [3.8, 4) is 11.5 Å². The van der Waals surface area contributed by atoms with Crippen molar-refractivity contribution in [1.29, 1.82) is 0 Å². The molecular formula is C19H16FNO3S. The van der Waals surface area contributed by atoms with Gasteiger partial charge in [-0.25, -0.2) is 17.5 Å². The van der Waals surface area contributed by atoms with Crippen LogP contribution in [0.15, 0.2) is 83.8 Å². The minimum Gasteiger partial charge on any atom is -0.457 e. The molecule has 3 rings (SSSR count). The summed E-state index contributed by atoms with van der Waals surface area (Å²) >= 11 is 0. The zero-order chi connectivity index (χ0) is 17.7. The zero-order valence-corrected chi connectivity index (χ0v) is 14.0. The molecule has 0 aliphatic carbocycles. The van der Waals surface area contributed by atoms with Gasteiger partial charge in [0.15, 0.2) is 0 Å². The second-order valence-corrected chi connectivity index (χ2v) is 7.11. The first kappa shape index (κ1) is 17.1. The molecule has 4 nitrogen and oxygen atoms in total. The lowest BCUT2D eigenvalue weighted by atomic mass is 10.2. The largest absolute Gasteiger partial charge is 0.457 e. The van der Waals surface area contributed by atoms with Crippen LogP contribution in [0.5, 0.6) is 11.5 Å². The highest BCUT2D eigenvalue weighted by molar-refractivity contribution is 7.89. The molecule has 3 aromatic carbocycles. The highest BCUT2D eigenvalue weighted by Crippen LogP contribution is 2.22. The second-order valence-electron chi connectivity index (χ2n) is 5.34. The van der Waals surface area contributed by atoms with Crippen LogP contribution in [0.2, 0.25) is 0 Å². The normalized spacial score (nSPS) is 11.2. The van der Waals surface area contributed by atoms with E-state index in [0.717, 1.165) is 5.56 Å². The minimum atomic E-state index is -3.57. The highest BCUT2D eigenvalue weighted by atomic mass is 32.2. The van der Waals surface area contributed by atoms with E-state index in [4.69, 9.17) is 4.74 Å². The maximum Gasteiger partial charge on any atom is 0.240 e. The van der Waals surface area contributed by atoms with Crippen LogP contribution in [0, 0.1) is 5.82 Å². The van der Waals surface area contributed by atoms with E-state index < -0.39 is 10.0 Å². The van der Waals surface area contributed by atoms with Crippen molar-refractivity contribution in [2.24, 2.45) is 0 Å². The number of sulfonamides is 1. The molecule has 0 aliphatic heterocycles. The molecule has 25 heavy (non-hydrogen) atoms. The quantitative estimate of drug-likeness (QED) is 0.723. The number of hydrogen-bond acceptors (Lipinski definition) is 3. The summed E-state index contributed by atoms with van der Waals surface area (Å²) in [5.41, 5.74) is 0.749. The highest BCUT2D eigenvalue weighted by Gasteiger charge is 2.12. The van der Waals surface area contributed by atoms with Gasteiger partial charge in [0.2, 0.25) is 10.0 Å². The van der Waals surface area contributed by atoms with Gasteiger partial charge in [-0.1, -0.05) is 30.3 Å². The first-order valence-electron chi connectivity index (χ1n) is 7.60. The molecule has 0 bridgehead atoms. The Morgan fingerprint density at radius 1 is 0.840 bits per heavy atom. The van der Waals surface area contributed by atoms with Gasteiger partial charge in [-0.3, -0.25) is 0 Å². The molecule has 0 saturated carbocycles. The molecule has 0 aliphatic rings. The number of hydrogen-bond donors (Lipinski definition) is 1. The van der Waals surface area contributed by atoms with Crippen LogP contribution in [0.25, 0.3) is 0 Å². The number of rotatable bonds is 6. The fourth-order valence-electron chi connectivity index (χ4n) is 2.22. The lowest BCUT2D eigenvalue weighted by Crippen LogP contribution is -2.23. The van der Waals surface area contributed by atoms with Crippen molar-refractivity contribution < 1.29 is 17.5 Å². The van der Waals surface area contributed by atoms with E-state index in [1.54, 1.807) is 42.5 Å². The van der Waals surface area contributed by atoms with E-state index in [9.17, 15) is 12.8 Å². The molecule has 128 valence electrons. The SMILES string of the molecule is O=S(=O)(NCc1cccc(Oc2ccc(F)cc2)c1)c1ccccc1. The van der Waals surface area contributed by atoms with Gasteiger partial charge in [0.25, 0.3) is 0 Å². The van der Waals surface area contributed by atoms with Crippen LogP contribution in [0.3, 0.4) is 0 Å². The van der Waals surface area contributed by atoms with Crippen molar-refractivity contribution in [3.63, 3.8) is 0 Å². The van der Waals surface area contributed by atoms with Gasteiger partial charge >= 0.3 is 0 Å². The molecular weight excluding hydrogens is 341 g/mol. The summed E-state index contributed by atoms with van der Waals surface area (Å²) in [5, 5.41) is 0. The lowest BCUT2D eigenvalue weighted by molar-refractivity contribution is 0.479. The molecule has 0 amide bonds. The fourth-order valence-corrected chi connectivity index (χ4v) is 3.26. The predicted molar refractivity (Wildman–Crippen MR) is 93.4 cm³/mol. The Labute approximate surface area is 146 Å². The van der Waals surface area contributed by atoms with Crippen molar-refractivity contribution in [2.45, 2.75) is 11.4 Å². The number of halogens is 1. The third-order valence-corrected chi connectivity index (χ3v) is 4.88. The Morgan fingerprint density at radius 2 is 1.56 bits per heavy atom. The number of ether oxygens (including phenoxy) is 1. The Hall–Kier alpha value is -2.70.